The van der Waals surface area contributed by atoms with Crippen LogP contribution in [0.4, 0.5) is 5.69 Å². The third kappa shape index (κ3) is 3.38. The number of nitro groups is 1. The summed E-state index contributed by atoms with van der Waals surface area (Å²) in [7, 11) is 0. The average molecular weight is 324 g/mol. The highest BCUT2D eigenvalue weighted by Crippen LogP contribution is 2.29. The molecule has 1 fully saturated rings. The Morgan fingerprint density at radius 2 is 2.18 bits per heavy atom. The van der Waals surface area contributed by atoms with Gasteiger partial charge in [-0.1, -0.05) is 0 Å². The second-order valence-corrected chi connectivity index (χ2v) is 5.92. The fourth-order valence-electron chi connectivity index (χ4n) is 2.51. The number of amides is 1. The summed E-state index contributed by atoms with van der Waals surface area (Å²) in [5.41, 5.74) is 0.112. The van der Waals surface area contributed by atoms with Crippen molar-refractivity contribution in [2.75, 3.05) is 19.3 Å². The third-order valence-corrected chi connectivity index (χ3v) is 4.47. The maximum absolute atomic E-state index is 12.4. The number of hydrogen-bond acceptors (Lipinski definition) is 5. The molecule has 1 heterocycles. The second kappa shape index (κ2) is 6.78. The van der Waals surface area contributed by atoms with Gasteiger partial charge in [-0.2, -0.15) is 0 Å². The Labute approximate surface area is 131 Å². The number of piperidine rings is 1. The predicted molar refractivity (Wildman–Crippen MR) is 81.1 cm³/mol. The zero-order valence-electron chi connectivity index (χ0n) is 12.0. The number of hydrogen-bond donors (Lipinski definition) is 1. The summed E-state index contributed by atoms with van der Waals surface area (Å²) in [5.74, 6) is -1.85. The summed E-state index contributed by atoms with van der Waals surface area (Å²) in [6, 6.07) is 4.36. The zero-order valence-corrected chi connectivity index (χ0v) is 12.8. The van der Waals surface area contributed by atoms with Crippen LogP contribution in [0.25, 0.3) is 0 Å². The summed E-state index contributed by atoms with van der Waals surface area (Å²) >= 11 is 1.24. The number of benzene rings is 1. The van der Waals surface area contributed by atoms with Crippen molar-refractivity contribution < 1.29 is 19.6 Å². The van der Waals surface area contributed by atoms with Gasteiger partial charge in [0.05, 0.1) is 15.7 Å². The Hall–Kier alpha value is -2.09. The molecule has 8 heteroatoms. The van der Waals surface area contributed by atoms with E-state index >= 15 is 0 Å². The van der Waals surface area contributed by atoms with Crippen molar-refractivity contribution in [2.45, 2.75) is 17.7 Å². The van der Waals surface area contributed by atoms with Gasteiger partial charge in [-0.25, -0.2) is 0 Å². The molecule has 118 valence electrons. The number of carbonyl (C=O) groups is 2. The third-order valence-electron chi connectivity index (χ3n) is 3.68. The molecular formula is C14H16N2O5S. The van der Waals surface area contributed by atoms with Crippen LogP contribution in [0.2, 0.25) is 0 Å². The van der Waals surface area contributed by atoms with Gasteiger partial charge in [0.15, 0.2) is 0 Å². The smallest absolute Gasteiger partial charge is 0.308 e. The minimum absolute atomic E-state index is 0.106. The molecule has 0 radical (unpaired) electrons. The topological polar surface area (TPSA) is 101 Å². The van der Waals surface area contributed by atoms with E-state index < -0.39 is 16.8 Å². The quantitative estimate of drug-likeness (QED) is 0.518. The van der Waals surface area contributed by atoms with Crippen LogP contribution >= 0.6 is 11.8 Å². The number of carbonyl (C=O) groups excluding carboxylic acids is 1. The van der Waals surface area contributed by atoms with E-state index in [2.05, 4.69) is 0 Å². The van der Waals surface area contributed by atoms with E-state index in [0.29, 0.717) is 24.3 Å². The predicted octanol–water partition coefficient (Wildman–Crippen LogP) is 2.25. The summed E-state index contributed by atoms with van der Waals surface area (Å²) in [4.78, 5) is 36.0. The molecule has 1 aromatic rings. The lowest BCUT2D eigenvalue weighted by molar-refractivity contribution is -0.387. The lowest BCUT2D eigenvalue weighted by Gasteiger charge is -2.30. The molecule has 0 aromatic heterocycles. The molecule has 2 rings (SSSR count). The van der Waals surface area contributed by atoms with Crippen molar-refractivity contribution in [1.82, 2.24) is 4.90 Å². The first-order chi connectivity index (χ1) is 10.4. The van der Waals surface area contributed by atoms with Gasteiger partial charge in [0.2, 0.25) is 0 Å². The zero-order chi connectivity index (χ0) is 16.3. The van der Waals surface area contributed by atoms with Crippen LogP contribution in [-0.2, 0) is 4.79 Å². The van der Waals surface area contributed by atoms with Crippen molar-refractivity contribution in [3.63, 3.8) is 0 Å². The molecule has 1 aliphatic rings. The highest BCUT2D eigenvalue weighted by Gasteiger charge is 2.29. The number of aliphatic carboxylic acids is 1. The van der Waals surface area contributed by atoms with Crippen LogP contribution in [0.3, 0.4) is 0 Å². The molecule has 1 atom stereocenters. The molecule has 0 spiro atoms. The minimum Gasteiger partial charge on any atom is -0.481 e. The molecule has 1 unspecified atom stereocenters. The van der Waals surface area contributed by atoms with Crippen LogP contribution in [-0.4, -0.2) is 46.2 Å². The minimum atomic E-state index is -0.916. The van der Waals surface area contributed by atoms with Gasteiger partial charge in [0, 0.05) is 24.7 Å². The van der Waals surface area contributed by atoms with Gasteiger partial charge in [0.25, 0.3) is 11.6 Å². The largest absolute Gasteiger partial charge is 0.481 e. The van der Waals surface area contributed by atoms with E-state index in [-0.39, 0.29) is 23.7 Å². The van der Waals surface area contributed by atoms with Gasteiger partial charge in [-0.15, -0.1) is 11.8 Å². The van der Waals surface area contributed by atoms with Gasteiger partial charge in [-0.05, 0) is 31.2 Å². The van der Waals surface area contributed by atoms with Crippen LogP contribution in [0, 0.1) is 16.0 Å². The lowest BCUT2D eigenvalue weighted by atomic mass is 9.97. The molecule has 0 saturated carbocycles. The number of carboxylic acid groups (broad SMARTS) is 1. The van der Waals surface area contributed by atoms with Gasteiger partial charge >= 0.3 is 5.97 Å². The summed E-state index contributed by atoms with van der Waals surface area (Å²) in [6.07, 6.45) is 2.89. The van der Waals surface area contributed by atoms with E-state index in [1.54, 1.807) is 18.4 Å². The van der Waals surface area contributed by atoms with Crippen molar-refractivity contribution in [3.8, 4) is 0 Å². The van der Waals surface area contributed by atoms with E-state index in [9.17, 15) is 19.7 Å². The SMILES string of the molecule is CSc1ccc(C(=O)N2CCCC(C(=O)O)C2)cc1[N+](=O)[O-]. The molecule has 1 amide bonds. The molecular weight excluding hydrogens is 308 g/mol. The lowest BCUT2D eigenvalue weighted by Crippen LogP contribution is -2.42. The highest BCUT2D eigenvalue weighted by molar-refractivity contribution is 7.98. The fourth-order valence-corrected chi connectivity index (χ4v) is 3.06. The van der Waals surface area contributed by atoms with E-state index in [0.717, 1.165) is 0 Å². The van der Waals surface area contributed by atoms with Gasteiger partial charge in [0.1, 0.15) is 0 Å². The van der Waals surface area contributed by atoms with Gasteiger partial charge < -0.3 is 10.0 Å². The van der Waals surface area contributed by atoms with Crippen LogP contribution < -0.4 is 0 Å². The van der Waals surface area contributed by atoms with Crippen molar-refractivity contribution in [3.05, 3.63) is 33.9 Å². The maximum Gasteiger partial charge on any atom is 0.308 e. The number of nitrogens with zero attached hydrogens (tertiary/aromatic N) is 2. The van der Waals surface area contributed by atoms with E-state index in [1.807, 2.05) is 0 Å². The van der Waals surface area contributed by atoms with Crippen LogP contribution in [0.15, 0.2) is 23.1 Å². The highest BCUT2D eigenvalue weighted by atomic mass is 32.2. The maximum atomic E-state index is 12.4. The second-order valence-electron chi connectivity index (χ2n) is 5.07. The molecule has 0 aliphatic carbocycles. The fraction of sp³-hybridized carbons (Fsp3) is 0.429. The van der Waals surface area contributed by atoms with Crippen molar-refractivity contribution in [1.29, 1.82) is 0 Å². The van der Waals surface area contributed by atoms with E-state index in [4.69, 9.17) is 5.11 Å². The Morgan fingerprint density at radius 3 is 2.77 bits per heavy atom. The Morgan fingerprint density at radius 1 is 1.45 bits per heavy atom. The standard InChI is InChI=1S/C14H16N2O5S/c1-22-12-5-4-9(7-11(12)16(20)21)13(17)15-6-2-3-10(8-15)14(18)19/h4-5,7,10H,2-3,6,8H2,1H3,(H,18,19). The summed E-state index contributed by atoms with van der Waals surface area (Å²) in [6.45, 7) is 0.618. The Balaban J connectivity index is 2.24. The Bertz CT molecular complexity index is 619. The number of carboxylic acids is 1. The van der Waals surface area contributed by atoms with Crippen LogP contribution in [0.1, 0.15) is 23.2 Å². The number of nitro benzene ring substituents is 1. The first-order valence-corrected chi connectivity index (χ1v) is 8.01. The molecule has 1 aromatic carbocycles. The Kier molecular flexibility index (Phi) is 5.02. The van der Waals surface area contributed by atoms with Crippen LogP contribution in [0.5, 0.6) is 0 Å². The summed E-state index contributed by atoms with van der Waals surface area (Å²) in [5, 5.41) is 20.1. The van der Waals surface area contributed by atoms with Crippen molar-refractivity contribution in [2.24, 2.45) is 5.92 Å². The number of rotatable bonds is 4. The number of thioether (sulfide) groups is 1. The first-order valence-electron chi connectivity index (χ1n) is 6.78. The first kappa shape index (κ1) is 16.3. The molecule has 22 heavy (non-hydrogen) atoms. The molecule has 7 nitrogen and oxygen atoms in total. The average Bonchev–Trinajstić information content (AvgIpc) is 2.53. The van der Waals surface area contributed by atoms with Gasteiger partial charge in [-0.3, -0.25) is 19.7 Å². The number of likely N-dealkylation sites (tertiary alicyclic amines) is 1. The molecule has 1 N–H and O–H groups in total. The molecule has 1 aliphatic heterocycles. The monoisotopic (exact) mass is 324 g/mol. The summed E-state index contributed by atoms with van der Waals surface area (Å²) < 4.78 is 0. The molecule has 0 bridgehead atoms. The van der Waals surface area contributed by atoms with E-state index in [1.165, 1.54) is 22.7 Å². The normalized spacial score (nSPS) is 18.0. The van der Waals surface area contributed by atoms with Crippen molar-refractivity contribution >= 4 is 29.3 Å². The molecule has 1 saturated heterocycles.